The number of ether oxygens (including phenoxy) is 2. The Hall–Kier alpha value is -2.93. The molecule has 2 aromatic carbocycles. The number of phenols is 1. The van der Waals surface area contributed by atoms with Crippen LogP contribution in [0.2, 0.25) is 5.02 Å². The largest absolute Gasteiger partial charge is 0.506 e. The van der Waals surface area contributed by atoms with E-state index >= 15 is 0 Å². The Balaban J connectivity index is 1.81. The smallest absolute Gasteiger partial charge is 0.332 e. The Morgan fingerprint density at radius 3 is 2.74 bits per heavy atom. The average Bonchev–Trinajstić information content (AvgIpc) is 2.99. The van der Waals surface area contributed by atoms with Gasteiger partial charge in [0.15, 0.2) is 11.5 Å². The zero-order valence-corrected chi connectivity index (χ0v) is 12.4. The predicted octanol–water partition coefficient (Wildman–Crippen LogP) is 2.97. The lowest BCUT2D eigenvalue weighted by Gasteiger charge is -2.17. The molecule has 3 amide bonds. The van der Waals surface area contributed by atoms with Gasteiger partial charge in [-0.05, 0) is 30.3 Å². The Morgan fingerprint density at radius 2 is 2.00 bits per heavy atom. The number of anilines is 2. The molecule has 7 nitrogen and oxygen atoms in total. The molecule has 0 unspecified atom stereocenters. The van der Waals surface area contributed by atoms with E-state index in [-0.39, 0.29) is 17.6 Å². The molecule has 0 saturated heterocycles. The third-order valence-electron chi connectivity index (χ3n) is 3.16. The fourth-order valence-electron chi connectivity index (χ4n) is 2.03. The first-order chi connectivity index (χ1) is 11.1. The number of hydrogen-bond acceptors (Lipinski definition) is 5. The number of nitrogens with zero attached hydrogens (tertiary/aromatic N) is 1. The van der Waals surface area contributed by atoms with Gasteiger partial charge in [-0.2, -0.15) is 0 Å². The molecule has 118 valence electrons. The lowest BCUT2D eigenvalue weighted by atomic mass is 10.2. The summed E-state index contributed by atoms with van der Waals surface area (Å²) in [4.78, 5) is 24.4. The number of rotatable bonds is 3. The first-order valence-electron chi connectivity index (χ1n) is 6.52. The fraction of sp³-hybridized carbons (Fsp3) is 0.0667. The molecule has 0 saturated carbocycles. The molecule has 0 atom stereocenters. The number of carbonyl (C=O) groups excluding carboxylic acids is 2. The number of imide groups is 1. The molecule has 1 heterocycles. The summed E-state index contributed by atoms with van der Waals surface area (Å²) in [5.74, 6) is 0.896. The highest BCUT2D eigenvalue weighted by molar-refractivity contribution is 6.32. The summed E-state index contributed by atoms with van der Waals surface area (Å²) in [6.07, 6.45) is 0.384. The minimum Gasteiger partial charge on any atom is -0.506 e. The summed E-state index contributed by atoms with van der Waals surface area (Å²) in [6, 6.07) is 8.19. The van der Waals surface area contributed by atoms with E-state index in [4.69, 9.17) is 21.1 Å². The third-order valence-corrected chi connectivity index (χ3v) is 3.46. The zero-order chi connectivity index (χ0) is 16.4. The van der Waals surface area contributed by atoms with Gasteiger partial charge in [-0.3, -0.25) is 4.79 Å². The van der Waals surface area contributed by atoms with Crippen molar-refractivity contribution in [3.05, 3.63) is 41.4 Å². The standard InChI is InChI=1S/C15H11ClN2O5/c16-11-5-9(1-3-12(11)20)17-15(21)18(7-19)10-2-4-13-14(6-10)23-8-22-13/h1-7,20H,8H2,(H,17,21). The van der Waals surface area contributed by atoms with E-state index in [2.05, 4.69) is 5.32 Å². The van der Waals surface area contributed by atoms with Crippen LogP contribution in [0.3, 0.4) is 0 Å². The van der Waals surface area contributed by atoms with Gasteiger partial charge in [0.1, 0.15) is 5.75 Å². The molecule has 8 heteroatoms. The second-order valence-electron chi connectivity index (χ2n) is 4.61. The third kappa shape index (κ3) is 3.00. The summed E-state index contributed by atoms with van der Waals surface area (Å²) in [5.41, 5.74) is 0.664. The van der Waals surface area contributed by atoms with E-state index in [0.29, 0.717) is 29.3 Å². The molecule has 2 aromatic rings. The molecule has 0 bridgehead atoms. The first-order valence-corrected chi connectivity index (χ1v) is 6.90. The van der Waals surface area contributed by atoms with Gasteiger partial charge < -0.3 is 19.9 Å². The van der Waals surface area contributed by atoms with Crippen LogP contribution >= 0.6 is 11.6 Å². The van der Waals surface area contributed by atoms with E-state index in [9.17, 15) is 14.7 Å². The Labute approximate surface area is 136 Å². The molecular weight excluding hydrogens is 324 g/mol. The van der Waals surface area contributed by atoms with Crippen molar-refractivity contribution in [2.24, 2.45) is 0 Å². The summed E-state index contributed by atoms with van der Waals surface area (Å²) in [5, 5.41) is 12.0. The maximum Gasteiger partial charge on any atom is 0.332 e. The number of hydrogen-bond donors (Lipinski definition) is 2. The highest BCUT2D eigenvalue weighted by Gasteiger charge is 2.20. The quantitative estimate of drug-likeness (QED) is 0.665. The van der Waals surface area contributed by atoms with Gasteiger partial charge in [-0.25, -0.2) is 9.69 Å². The second kappa shape index (κ2) is 6.05. The topological polar surface area (TPSA) is 88.1 Å². The number of benzene rings is 2. The molecule has 1 aliphatic rings. The second-order valence-corrected chi connectivity index (χ2v) is 5.02. The van der Waals surface area contributed by atoms with Gasteiger partial charge in [0.05, 0.1) is 10.7 Å². The van der Waals surface area contributed by atoms with Crippen LogP contribution in [0.15, 0.2) is 36.4 Å². The van der Waals surface area contributed by atoms with E-state index in [1.54, 1.807) is 12.1 Å². The van der Waals surface area contributed by atoms with Crippen LogP contribution in [0.4, 0.5) is 16.2 Å². The van der Waals surface area contributed by atoms with Crippen LogP contribution in [-0.4, -0.2) is 24.3 Å². The minimum atomic E-state index is -0.680. The fourth-order valence-corrected chi connectivity index (χ4v) is 2.21. The van der Waals surface area contributed by atoms with Gasteiger partial charge in [0.25, 0.3) is 0 Å². The number of fused-ring (bicyclic) bond motifs is 1. The van der Waals surface area contributed by atoms with Crippen molar-refractivity contribution in [1.29, 1.82) is 0 Å². The van der Waals surface area contributed by atoms with Crippen LogP contribution in [0.25, 0.3) is 0 Å². The molecule has 0 aliphatic carbocycles. The van der Waals surface area contributed by atoms with Crippen molar-refractivity contribution >= 4 is 35.4 Å². The monoisotopic (exact) mass is 334 g/mol. The first kappa shape index (κ1) is 15.0. The Kier molecular flexibility index (Phi) is 3.94. The zero-order valence-electron chi connectivity index (χ0n) is 11.7. The number of nitrogens with one attached hydrogen (secondary N) is 1. The SMILES string of the molecule is O=CN(C(=O)Nc1ccc(O)c(Cl)c1)c1ccc2c(c1)OCO2. The number of carbonyl (C=O) groups is 2. The summed E-state index contributed by atoms with van der Waals surface area (Å²) < 4.78 is 10.4. The number of phenolic OH excluding ortho intramolecular Hbond substituents is 1. The molecule has 23 heavy (non-hydrogen) atoms. The van der Waals surface area contributed by atoms with Crippen LogP contribution < -0.4 is 19.7 Å². The highest BCUT2D eigenvalue weighted by Crippen LogP contribution is 2.35. The van der Waals surface area contributed by atoms with Crippen molar-refractivity contribution in [1.82, 2.24) is 0 Å². The highest BCUT2D eigenvalue weighted by atomic mass is 35.5. The minimum absolute atomic E-state index is 0.0866. The lowest BCUT2D eigenvalue weighted by molar-refractivity contribution is -0.106. The molecule has 0 spiro atoms. The van der Waals surface area contributed by atoms with Crippen molar-refractivity contribution in [2.75, 3.05) is 17.0 Å². The van der Waals surface area contributed by atoms with Gasteiger partial charge in [-0.1, -0.05) is 11.6 Å². The van der Waals surface area contributed by atoms with Crippen LogP contribution in [0.5, 0.6) is 17.2 Å². The van der Waals surface area contributed by atoms with Crippen LogP contribution in [0.1, 0.15) is 0 Å². The van der Waals surface area contributed by atoms with Gasteiger partial charge >= 0.3 is 6.03 Å². The van der Waals surface area contributed by atoms with Gasteiger partial charge in [0, 0.05) is 11.8 Å². The van der Waals surface area contributed by atoms with Crippen molar-refractivity contribution in [2.45, 2.75) is 0 Å². The molecule has 3 rings (SSSR count). The molecule has 0 radical (unpaired) electrons. The van der Waals surface area contributed by atoms with E-state index in [1.807, 2.05) is 0 Å². The molecular formula is C15H11ClN2O5. The van der Waals surface area contributed by atoms with E-state index in [0.717, 1.165) is 4.90 Å². The molecule has 2 N–H and O–H groups in total. The number of amides is 3. The maximum absolute atomic E-state index is 12.2. The average molecular weight is 335 g/mol. The summed E-state index contributed by atoms with van der Waals surface area (Å²) >= 11 is 5.78. The van der Waals surface area contributed by atoms with E-state index < -0.39 is 6.03 Å². The number of urea groups is 1. The van der Waals surface area contributed by atoms with Gasteiger partial charge in [-0.15, -0.1) is 0 Å². The van der Waals surface area contributed by atoms with E-state index in [1.165, 1.54) is 24.3 Å². The number of aromatic hydroxyl groups is 1. The molecule has 1 aliphatic heterocycles. The predicted molar refractivity (Wildman–Crippen MR) is 83.2 cm³/mol. The van der Waals surface area contributed by atoms with Crippen molar-refractivity contribution in [3.8, 4) is 17.2 Å². The number of halogens is 1. The normalized spacial score (nSPS) is 11.9. The molecule has 0 aromatic heterocycles. The van der Waals surface area contributed by atoms with Crippen molar-refractivity contribution in [3.63, 3.8) is 0 Å². The van der Waals surface area contributed by atoms with Crippen LogP contribution in [-0.2, 0) is 4.79 Å². The van der Waals surface area contributed by atoms with Gasteiger partial charge in [0.2, 0.25) is 13.2 Å². The molecule has 0 fully saturated rings. The van der Waals surface area contributed by atoms with Crippen LogP contribution in [0, 0.1) is 0 Å². The Bertz CT molecular complexity index is 780. The summed E-state index contributed by atoms with van der Waals surface area (Å²) in [6.45, 7) is 0.0953. The Morgan fingerprint density at radius 1 is 1.22 bits per heavy atom. The summed E-state index contributed by atoms with van der Waals surface area (Å²) in [7, 11) is 0. The van der Waals surface area contributed by atoms with Crippen molar-refractivity contribution < 1.29 is 24.2 Å². The lowest BCUT2D eigenvalue weighted by Crippen LogP contribution is -2.33. The maximum atomic E-state index is 12.2.